The van der Waals surface area contributed by atoms with Crippen LogP contribution in [-0.4, -0.2) is 55.0 Å². The van der Waals surface area contributed by atoms with E-state index in [1.165, 1.54) is 0 Å². The van der Waals surface area contributed by atoms with Gasteiger partial charge < -0.3 is 15.4 Å². The SMILES string of the molecule is CCCOC(=O)CC1C(=O)NCCN1CC(=O)Nc1ccccc1Cl. The molecule has 1 aromatic carbocycles. The lowest BCUT2D eigenvalue weighted by molar-refractivity contribution is -0.148. The van der Waals surface area contributed by atoms with E-state index in [2.05, 4.69) is 10.6 Å². The normalized spacial score (nSPS) is 17.7. The van der Waals surface area contributed by atoms with Gasteiger partial charge in [0.1, 0.15) is 6.04 Å². The lowest BCUT2D eigenvalue weighted by atomic mass is 10.1. The van der Waals surface area contributed by atoms with Crippen molar-refractivity contribution in [2.24, 2.45) is 0 Å². The van der Waals surface area contributed by atoms with Gasteiger partial charge in [0, 0.05) is 13.1 Å². The molecule has 1 fully saturated rings. The van der Waals surface area contributed by atoms with Gasteiger partial charge in [-0.25, -0.2) is 0 Å². The summed E-state index contributed by atoms with van der Waals surface area (Å²) in [5, 5.41) is 5.87. The Labute approximate surface area is 151 Å². The van der Waals surface area contributed by atoms with Crippen molar-refractivity contribution in [2.45, 2.75) is 25.8 Å². The van der Waals surface area contributed by atoms with Gasteiger partial charge in [0.25, 0.3) is 0 Å². The number of rotatable bonds is 7. The Morgan fingerprint density at radius 3 is 2.88 bits per heavy atom. The average Bonchev–Trinajstić information content (AvgIpc) is 2.58. The molecule has 1 saturated heterocycles. The maximum absolute atomic E-state index is 12.3. The van der Waals surface area contributed by atoms with Crippen LogP contribution in [-0.2, 0) is 19.1 Å². The van der Waals surface area contributed by atoms with E-state index in [1.54, 1.807) is 29.2 Å². The molecule has 7 nitrogen and oxygen atoms in total. The Kier molecular flexibility index (Phi) is 7.21. The molecule has 0 spiro atoms. The Bertz CT molecular complexity index is 638. The van der Waals surface area contributed by atoms with Crippen molar-refractivity contribution in [1.82, 2.24) is 10.2 Å². The summed E-state index contributed by atoms with van der Waals surface area (Å²) < 4.78 is 5.04. The number of para-hydroxylation sites is 1. The number of ether oxygens (including phenoxy) is 1. The summed E-state index contributed by atoms with van der Waals surface area (Å²) in [6, 6.07) is 6.20. The molecule has 8 heteroatoms. The average molecular weight is 368 g/mol. The number of hydrogen-bond donors (Lipinski definition) is 2. The van der Waals surface area contributed by atoms with Crippen molar-refractivity contribution in [3.63, 3.8) is 0 Å². The largest absolute Gasteiger partial charge is 0.466 e. The maximum atomic E-state index is 12.3. The van der Waals surface area contributed by atoms with Crippen molar-refractivity contribution in [3.8, 4) is 0 Å². The van der Waals surface area contributed by atoms with Gasteiger partial charge in [-0.15, -0.1) is 0 Å². The van der Waals surface area contributed by atoms with Crippen molar-refractivity contribution in [1.29, 1.82) is 0 Å². The highest BCUT2D eigenvalue weighted by atomic mass is 35.5. The van der Waals surface area contributed by atoms with Crippen LogP contribution in [0, 0.1) is 0 Å². The smallest absolute Gasteiger partial charge is 0.307 e. The van der Waals surface area contributed by atoms with Gasteiger partial charge in [0.05, 0.1) is 30.3 Å². The van der Waals surface area contributed by atoms with E-state index in [0.29, 0.717) is 36.8 Å². The molecule has 2 amide bonds. The quantitative estimate of drug-likeness (QED) is 0.712. The second-order valence-corrected chi connectivity index (χ2v) is 6.14. The van der Waals surface area contributed by atoms with Crippen molar-refractivity contribution in [3.05, 3.63) is 29.3 Å². The molecular weight excluding hydrogens is 346 g/mol. The molecule has 25 heavy (non-hydrogen) atoms. The topological polar surface area (TPSA) is 87.7 Å². The number of nitrogens with zero attached hydrogens (tertiary/aromatic N) is 1. The number of carbonyl (C=O) groups excluding carboxylic acids is 3. The summed E-state index contributed by atoms with van der Waals surface area (Å²) in [6.07, 6.45) is 0.637. The lowest BCUT2D eigenvalue weighted by Gasteiger charge is -2.33. The van der Waals surface area contributed by atoms with Crippen LogP contribution < -0.4 is 10.6 Å². The molecule has 0 bridgehead atoms. The molecule has 136 valence electrons. The number of nitrogens with one attached hydrogen (secondary N) is 2. The number of hydrogen-bond acceptors (Lipinski definition) is 5. The number of carbonyl (C=O) groups is 3. The van der Waals surface area contributed by atoms with Gasteiger partial charge in [0.15, 0.2) is 0 Å². The zero-order valence-corrected chi connectivity index (χ0v) is 14.8. The van der Waals surface area contributed by atoms with E-state index in [1.807, 2.05) is 6.92 Å². The molecular formula is C17H22ClN3O4. The standard InChI is InChI=1S/C17H22ClN3O4/c1-2-9-25-16(23)10-14-17(24)19-7-8-21(14)11-15(22)20-13-6-4-3-5-12(13)18/h3-6,14H,2,7-11H2,1H3,(H,19,24)(H,20,22). The zero-order valence-electron chi connectivity index (χ0n) is 14.1. The number of piperazine rings is 1. The predicted molar refractivity (Wildman–Crippen MR) is 94.3 cm³/mol. The minimum Gasteiger partial charge on any atom is -0.466 e. The Balaban J connectivity index is 1.97. The van der Waals surface area contributed by atoms with Crippen LogP contribution in [0.2, 0.25) is 5.02 Å². The van der Waals surface area contributed by atoms with Crippen LogP contribution in [0.15, 0.2) is 24.3 Å². The monoisotopic (exact) mass is 367 g/mol. The van der Waals surface area contributed by atoms with E-state index >= 15 is 0 Å². The molecule has 0 radical (unpaired) electrons. The van der Waals surface area contributed by atoms with E-state index < -0.39 is 12.0 Å². The fraction of sp³-hybridized carbons (Fsp3) is 0.471. The third-order valence-electron chi connectivity index (χ3n) is 3.76. The van der Waals surface area contributed by atoms with Gasteiger partial charge >= 0.3 is 5.97 Å². The van der Waals surface area contributed by atoms with E-state index in [4.69, 9.17) is 16.3 Å². The van der Waals surface area contributed by atoms with Gasteiger partial charge in [0.2, 0.25) is 11.8 Å². The molecule has 1 aliphatic heterocycles. The Hall–Kier alpha value is -2.12. The van der Waals surface area contributed by atoms with Gasteiger partial charge in [-0.05, 0) is 18.6 Å². The molecule has 1 aromatic rings. The molecule has 2 rings (SSSR count). The molecule has 1 unspecified atom stereocenters. The van der Waals surface area contributed by atoms with Crippen LogP contribution in [0.1, 0.15) is 19.8 Å². The minimum absolute atomic E-state index is 0.00956. The van der Waals surface area contributed by atoms with Gasteiger partial charge in [-0.2, -0.15) is 0 Å². The fourth-order valence-electron chi connectivity index (χ4n) is 2.54. The molecule has 1 aliphatic rings. The number of benzene rings is 1. The van der Waals surface area contributed by atoms with Gasteiger partial charge in [-0.3, -0.25) is 19.3 Å². The fourth-order valence-corrected chi connectivity index (χ4v) is 2.73. The first kappa shape index (κ1) is 19.2. The first-order valence-electron chi connectivity index (χ1n) is 8.23. The molecule has 0 saturated carbocycles. The van der Waals surface area contributed by atoms with Crippen LogP contribution >= 0.6 is 11.6 Å². The van der Waals surface area contributed by atoms with Crippen LogP contribution in [0.25, 0.3) is 0 Å². The summed E-state index contributed by atoms with van der Waals surface area (Å²) in [6.45, 7) is 3.11. The minimum atomic E-state index is -0.713. The number of esters is 1. The number of halogens is 1. The maximum Gasteiger partial charge on any atom is 0.307 e. The van der Waals surface area contributed by atoms with Crippen LogP contribution in [0.5, 0.6) is 0 Å². The number of anilines is 1. The second kappa shape index (κ2) is 9.39. The molecule has 0 aliphatic carbocycles. The first-order valence-corrected chi connectivity index (χ1v) is 8.60. The first-order chi connectivity index (χ1) is 12.0. The second-order valence-electron chi connectivity index (χ2n) is 5.73. The molecule has 1 atom stereocenters. The van der Waals surface area contributed by atoms with Crippen molar-refractivity contribution < 1.29 is 19.1 Å². The lowest BCUT2D eigenvalue weighted by Crippen LogP contribution is -2.57. The van der Waals surface area contributed by atoms with E-state index in [9.17, 15) is 14.4 Å². The summed E-state index contributed by atoms with van der Waals surface area (Å²) in [7, 11) is 0. The number of amides is 2. The Morgan fingerprint density at radius 2 is 2.16 bits per heavy atom. The van der Waals surface area contributed by atoms with Crippen LogP contribution in [0.3, 0.4) is 0 Å². The van der Waals surface area contributed by atoms with Crippen LogP contribution in [0.4, 0.5) is 5.69 Å². The summed E-state index contributed by atoms with van der Waals surface area (Å²) in [5.74, 6) is -1.01. The molecule has 0 aromatic heterocycles. The summed E-state index contributed by atoms with van der Waals surface area (Å²) in [4.78, 5) is 37.9. The van der Waals surface area contributed by atoms with Gasteiger partial charge in [-0.1, -0.05) is 30.7 Å². The van der Waals surface area contributed by atoms with E-state index in [-0.39, 0.29) is 24.8 Å². The van der Waals surface area contributed by atoms with Crippen molar-refractivity contribution >= 4 is 35.1 Å². The van der Waals surface area contributed by atoms with E-state index in [0.717, 1.165) is 0 Å². The third-order valence-corrected chi connectivity index (χ3v) is 4.09. The highest BCUT2D eigenvalue weighted by Gasteiger charge is 2.33. The predicted octanol–water partition coefficient (Wildman–Crippen LogP) is 1.42. The Morgan fingerprint density at radius 1 is 1.40 bits per heavy atom. The summed E-state index contributed by atoms with van der Waals surface area (Å²) in [5.41, 5.74) is 0.509. The third kappa shape index (κ3) is 5.72. The highest BCUT2D eigenvalue weighted by Crippen LogP contribution is 2.20. The van der Waals surface area contributed by atoms with Crippen molar-refractivity contribution in [2.75, 3.05) is 31.6 Å². The molecule has 1 heterocycles. The summed E-state index contributed by atoms with van der Waals surface area (Å²) >= 11 is 6.03. The highest BCUT2D eigenvalue weighted by molar-refractivity contribution is 6.33. The molecule has 2 N–H and O–H groups in total. The zero-order chi connectivity index (χ0) is 18.2.